The maximum atomic E-state index is 13.5. The van der Waals surface area contributed by atoms with Gasteiger partial charge in [-0.25, -0.2) is 4.18 Å². The first-order valence-corrected chi connectivity index (χ1v) is 16.2. The standard InChI is InChI=1S/C31H47NO12S/c1-8-30(5,26(35)32-20-44-45(38,39)24-11-9-21(2)10-12-24)19-31(6,28(37)41-14-13-33)16-22(25(34)40-7)15-29(3,4)27(36)43-18-23-17-42-23/h9-12,22-23,33H,8,13-20H2,1-7H3,(H,32,35). The number of aliphatic hydroxyl groups is 1. The minimum atomic E-state index is -4.15. The van der Waals surface area contributed by atoms with E-state index in [1.54, 1.807) is 39.8 Å². The van der Waals surface area contributed by atoms with Gasteiger partial charge in [-0.1, -0.05) is 31.5 Å². The number of aliphatic hydroxyl groups excluding tert-OH is 1. The number of carbonyl (C=O) groups is 4. The van der Waals surface area contributed by atoms with E-state index in [9.17, 15) is 32.7 Å². The van der Waals surface area contributed by atoms with Crippen molar-refractivity contribution in [2.75, 3.05) is 40.3 Å². The van der Waals surface area contributed by atoms with Crippen LogP contribution in [0.25, 0.3) is 0 Å². The molecule has 0 saturated carbocycles. The zero-order chi connectivity index (χ0) is 34.1. The van der Waals surface area contributed by atoms with Gasteiger partial charge in [-0.3, -0.25) is 19.2 Å². The van der Waals surface area contributed by atoms with E-state index in [4.69, 9.17) is 23.1 Å². The molecule has 1 aromatic rings. The van der Waals surface area contributed by atoms with E-state index in [0.717, 1.165) is 5.56 Å². The zero-order valence-corrected chi connectivity index (χ0v) is 28.0. The highest BCUT2D eigenvalue weighted by Gasteiger charge is 2.48. The van der Waals surface area contributed by atoms with E-state index in [2.05, 4.69) is 5.32 Å². The third-order valence-electron chi connectivity index (χ3n) is 8.03. The van der Waals surface area contributed by atoms with Crippen LogP contribution in [0.15, 0.2) is 29.2 Å². The molecule has 0 aromatic heterocycles. The summed E-state index contributed by atoms with van der Waals surface area (Å²) in [6.07, 6.45) is -0.248. The Balaban J connectivity index is 2.26. The lowest BCUT2D eigenvalue weighted by Crippen LogP contribution is -2.46. The number of nitrogens with one attached hydrogen (secondary N) is 1. The summed E-state index contributed by atoms with van der Waals surface area (Å²) in [5.41, 5.74) is -3.02. The number of hydrogen-bond donors (Lipinski definition) is 2. The molecule has 0 aliphatic carbocycles. The Bertz CT molecular complexity index is 1290. The van der Waals surface area contributed by atoms with Gasteiger partial charge < -0.3 is 29.4 Å². The molecule has 2 N–H and O–H groups in total. The SMILES string of the molecule is CCC(C)(CC(C)(CC(CC(C)(C)C(=O)OCC1CO1)C(=O)OC)C(=O)OCCO)C(=O)NCOS(=O)(=O)c1ccc(C)cc1. The van der Waals surface area contributed by atoms with E-state index in [1.165, 1.54) is 26.2 Å². The second kappa shape index (κ2) is 16.0. The molecular weight excluding hydrogens is 610 g/mol. The van der Waals surface area contributed by atoms with Gasteiger partial charge in [0.25, 0.3) is 10.1 Å². The minimum Gasteiger partial charge on any atom is -0.469 e. The zero-order valence-electron chi connectivity index (χ0n) is 27.2. The predicted octanol–water partition coefficient (Wildman–Crippen LogP) is 2.66. The van der Waals surface area contributed by atoms with E-state index < -0.39 is 69.4 Å². The number of ether oxygens (including phenoxy) is 4. The molecule has 2 rings (SSSR count). The molecule has 254 valence electrons. The molecule has 1 saturated heterocycles. The van der Waals surface area contributed by atoms with Crippen LogP contribution in [-0.2, 0) is 52.4 Å². The van der Waals surface area contributed by atoms with Gasteiger partial charge in [0.1, 0.15) is 26.0 Å². The van der Waals surface area contributed by atoms with Crippen molar-refractivity contribution < 1.29 is 55.8 Å². The van der Waals surface area contributed by atoms with Crippen molar-refractivity contribution in [1.29, 1.82) is 0 Å². The molecule has 45 heavy (non-hydrogen) atoms. The number of carbonyl (C=O) groups excluding carboxylic acids is 4. The topological polar surface area (TPSA) is 184 Å². The normalized spacial score (nSPS) is 18.1. The quantitative estimate of drug-likeness (QED) is 0.0730. The number of rotatable bonds is 19. The van der Waals surface area contributed by atoms with Crippen LogP contribution in [0.1, 0.15) is 65.9 Å². The number of aryl methyl sites for hydroxylation is 1. The Hall–Kier alpha value is -3.07. The van der Waals surface area contributed by atoms with Crippen LogP contribution in [0.3, 0.4) is 0 Å². The average molecular weight is 658 g/mol. The lowest BCUT2D eigenvalue weighted by molar-refractivity contribution is -0.163. The van der Waals surface area contributed by atoms with Crippen molar-refractivity contribution in [3.05, 3.63) is 29.8 Å². The maximum absolute atomic E-state index is 13.5. The lowest BCUT2D eigenvalue weighted by Gasteiger charge is -2.39. The summed E-state index contributed by atoms with van der Waals surface area (Å²) >= 11 is 0. The summed E-state index contributed by atoms with van der Waals surface area (Å²) in [6.45, 7) is 9.12. The number of hydrogen-bond acceptors (Lipinski definition) is 12. The number of benzene rings is 1. The Morgan fingerprint density at radius 3 is 2.18 bits per heavy atom. The molecule has 1 amide bonds. The summed E-state index contributed by atoms with van der Waals surface area (Å²) in [5.74, 6) is -3.54. The molecule has 1 aliphatic rings. The molecule has 14 heteroatoms. The van der Waals surface area contributed by atoms with Crippen molar-refractivity contribution in [3.8, 4) is 0 Å². The van der Waals surface area contributed by atoms with Crippen molar-refractivity contribution >= 4 is 33.9 Å². The van der Waals surface area contributed by atoms with Crippen molar-refractivity contribution in [2.45, 2.75) is 78.2 Å². The summed E-state index contributed by atoms with van der Waals surface area (Å²) < 4.78 is 50.9. The average Bonchev–Trinajstić information content (AvgIpc) is 3.82. The Morgan fingerprint density at radius 1 is 1.02 bits per heavy atom. The molecule has 0 bridgehead atoms. The number of epoxide rings is 1. The maximum Gasteiger partial charge on any atom is 0.311 e. The minimum absolute atomic E-state index is 0.0351. The second-order valence-electron chi connectivity index (χ2n) is 12.6. The van der Waals surface area contributed by atoms with Crippen LogP contribution >= 0.6 is 0 Å². The number of esters is 3. The first-order valence-electron chi connectivity index (χ1n) is 14.8. The van der Waals surface area contributed by atoms with Crippen molar-refractivity contribution in [1.82, 2.24) is 5.32 Å². The number of methoxy groups -OCH3 is 1. The smallest absolute Gasteiger partial charge is 0.311 e. The van der Waals surface area contributed by atoms with Crippen LogP contribution < -0.4 is 5.32 Å². The fourth-order valence-corrected chi connectivity index (χ4v) is 5.92. The molecule has 0 radical (unpaired) electrons. The van der Waals surface area contributed by atoms with Gasteiger partial charge in [-0.05, 0) is 65.5 Å². The third kappa shape index (κ3) is 11.0. The predicted molar refractivity (Wildman–Crippen MR) is 161 cm³/mol. The highest BCUT2D eigenvalue weighted by molar-refractivity contribution is 7.86. The summed E-state index contributed by atoms with van der Waals surface area (Å²) in [7, 11) is -2.96. The molecular formula is C31H47NO12S. The molecule has 4 unspecified atom stereocenters. The Morgan fingerprint density at radius 2 is 1.64 bits per heavy atom. The first kappa shape index (κ1) is 38.1. The molecule has 1 heterocycles. The number of amides is 1. The molecule has 1 aliphatic heterocycles. The summed E-state index contributed by atoms with van der Waals surface area (Å²) in [5, 5.41) is 11.8. The van der Waals surface area contributed by atoms with Gasteiger partial charge in [0.15, 0.2) is 0 Å². The Kier molecular flexibility index (Phi) is 13.5. The largest absolute Gasteiger partial charge is 0.469 e. The first-order chi connectivity index (χ1) is 20.9. The fraction of sp³-hybridized carbons (Fsp3) is 0.677. The summed E-state index contributed by atoms with van der Waals surface area (Å²) in [4.78, 5) is 52.7. The van der Waals surface area contributed by atoms with Gasteiger partial charge in [0, 0.05) is 5.41 Å². The molecule has 13 nitrogen and oxygen atoms in total. The van der Waals surface area contributed by atoms with Crippen LogP contribution in [0, 0.1) is 29.1 Å². The highest BCUT2D eigenvalue weighted by atomic mass is 32.2. The highest BCUT2D eigenvalue weighted by Crippen LogP contribution is 2.44. The van der Waals surface area contributed by atoms with Gasteiger partial charge >= 0.3 is 17.9 Å². The van der Waals surface area contributed by atoms with E-state index >= 15 is 0 Å². The van der Waals surface area contributed by atoms with E-state index in [0.29, 0.717) is 6.61 Å². The van der Waals surface area contributed by atoms with Gasteiger partial charge in [0.2, 0.25) is 5.91 Å². The third-order valence-corrected chi connectivity index (χ3v) is 9.30. The van der Waals surface area contributed by atoms with Gasteiger partial charge in [-0.2, -0.15) is 8.42 Å². The summed E-state index contributed by atoms with van der Waals surface area (Å²) in [6, 6.07) is 6.03. The second-order valence-corrected chi connectivity index (χ2v) is 14.2. The molecule has 0 spiro atoms. The van der Waals surface area contributed by atoms with E-state index in [-0.39, 0.29) is 49.9 Å². The van der Waals surface area contributed by atoms with Gasteiger partial charge in [-0.15, -0.1) is 0 Å². The lowest BCUT2D eigenvalue weighted by atomic mass is 9.66. The van der Waals surface area contributed by atoms with Crippen LogP contribution in [0.4, 0.5) is 0 Å². The van der Waals surface area contributed by atoms with Crippen LogP contribution in [0.2, 0.25) is 0 Å². The molecule has 4 atom stereocenters. The Labute approximate surface area is 265 Å². The molecule has 1 aromatic carbocycles. The van der Waals surface area contributed by atoms with Crippen LogP contribution in [0.5, 0.6) is 0 Å². The van der Waals surface area contributed by atoms with Gasteiger partial charge in [0.05, 0.1) is 42.0 Å². The fourth-order valence-electron chi connectivity index (χ4n) is 5.10. The van der Waals surface area contributed by atoms with Crippen molar-refractivity contribution in [3.63, 3.8) is 0 Å². The van der Waals surface area contributed by atoms with Crippen molar-refractivity contribution in [2.24, 2.45) is 22.2 Å². The monoisotopic (exact) mass is 657 g/mol. The van der Waals surface area contributed by atoms with Crippen LogP contribution in [-0.4, -0.2) is 83.7 Å². The van der Waals surface area contributed by atoms with E-state index in [1.807, 2.05) is 6.92 Å². The molecule has 1 fully saturated rings.